The molecule has 3 nitrogen and oxygen atoms in total. The summed E-state index contributed by atoms with van der Waals surface area (Å²) in [4.78, 5) is 1.94. The van der Waals surface area contributed by atoms with Gasteiger partial charge in [0.1, 0.15) is 5.84 Å². The van der Waals surface area contributed by atoms with Gasteiger partial charge in [-0.05, 0) is 18.2 Å². The molecule has 1 aromatic carbocycles. The van der Waals surface area contributed by atoms with Gasteiger partial charge in [0.05, 0.1) is 5.56 Å². The van der Waals surface area contributed by atoms with Crippen LogP contribution >= 0.6 is 11.8 Å². The highest BCUT2D eigenvalue weighted by atomic mass is 32.2. The molecule has 1 unspecified atom stereocenters. The molecule has 1 atom stereocenters. The van der Waals surface area contributed by atoms with E-state index in [0.717, 1.165) is 24.9 Å². The second-order valence-corrected chi connectivity index (χ2v) is 6.32. The zero-order valence-corrected chi connectivity index (χ0v) is 11.8. The smallest absolute Gasteiger partial charge is 0.384 e. The Kier molecular flexibility index (Phi) is 4.17. The Morgan fingerprint density at radius 1 is 1.45 bits per heavy atom. The van der Waals surface area contributed by atoms with Crippen LogP contribution in [0.4, 0.5) is 18.9 Å². The van der Waals surface area contributed by atoms with Crippen LogP contribution < -0.4 is 10.6 Å². The zero-order chi connectivity index (χ0) is 14.9. The summed E-state index contributed by atoms with van der Waals surface area (Å²) >= 11 is 1.82. The summed E-state index contributed by atoms with van der Waals surface area (Å²) in [6.45, 7) is 3.51. The average molecular weight is 303 g/mol. The molecule has 1 aromatic rings. The van der Waals surface area contributed by atoms with E-state index in [1.54, 1.807) is 6.07 Å². The number of amidine groups is 1. The number of benzene rings is 1. The summed E-state index contributed by atoms with van der Waals surface area (Å²) in [5, 5.41) is 7.66. The first-order valence-electron chi connectivity index (χ1n) is 6.21. The molecule has 110 valence electrons. The molecule has 1 fully saturated rings. The number of anilines is 1. The summed E-state index contributed by atoms with van der Waals surface area (Å²) in [7, 11) is 0. The second kappa shape index (κ2) is 5.55. The van der Waals surface area contributed by atoms with E-state index < -0.39 is 17.6 Å². The quantitative estimate of drug-likeness (QED) is 0.652. The van der Waals surface area contributed by atoms with Crippen LogP contribution in [0.25, 0.3) is 0 Å². The minimum atomic E-state index is -4.51. The summed E-state index contributed by atoms with van der Waals surface area (Å²) in [5.41, 5.74) is 4.66. The SMILES string of the molecule is CC1CN(c2ccc(C(=N)N)c(C(F)(F)F)c2)CCS1. The van der Waals surface area contributed by atoms with E-state index >= 15 is 0 Å². The van der Waals surface area contributed by atoms with Crippen molar-refractivity contribution in [2.75, 3.05) is 23.7 Å². The molecular weight excluding hydrogens is 287 g/mol. The number of alkyl halides is 3. The highest BCUT2D eigenvalue weighted by Crippen LogP contribution is 2.35. The van der Waals surface area contributed by atoms with Crippen molar-refractivity contribution < 1.29 is 13.2 Å². The van der Waals surface area contributed by atoms with Gasteiger partial charge in [-0.15, -0.1) is 0 Å². The Labute approximate surface area is 119 Å². The number of nitrogens with two attached hydrogens (primary N) is 1. The van der Waals surface area contributed by atoms with Crippen LogP contribution in [0.15, 0.2) is 18.2 Å². The number of halogens is 3. The monoisotopic (exact) mass is 303 g/mol. The van der Waals surface area contributed by atoms with Crippen LogP contribution in [0.2, 0.25) is 0 Å². The summed E-state index contributed by atoms with van der Waals surface area (Å²) < 4.78 is 39.2. The van der Waals surface area contributed by atoms with E-state index in [2.05, 4.69) is 6.92 Å². The molecule has 1 saturated heterocycles. The van der Waals surface area contributed by atoms with Crippen LogP contribution in [-0.4, -0.2) is 29.9 Å². The maximum absolute atomic E-state index is 13.1. The lowest BCUT2D eigenvalue weighted by molar-refractivity contribution is -0.137. The van der Waals surface area contributed by atoms with Crippen molar-refractivity contribution in [1.82, 2.24) is 0 Å². The van der Waals surface area contributed by atoms with Gasteiger partial charge in [0.2, 0.25) is 0 Å². The largest absolute Gasteiger partial charge is 0.417 e. The molecular formula is C13H16F3N3S. The Hall–Kier alpha value is -1.37. The van der Waals surface area contributed by atoms with Gasteiger partial charge in [-0.2, -0.15) is 24.9 Å². The predicted octanol–water partition coefficient (Wildman–Crippen LogP) is 2.93. The summed E-state index contributed by atoms with van der Waals surface area (Å²) in [5.74, 6) is 0.336. The fourth-order valence-corrected chi connectivity index (χ4v) is 3.26. The van der Waals surface area contributed by atoms with E-state index in [0.29, 0.717) is 10.9 Å². The van der Waals surface area contributed by atoms with E-state index in [4.69, 9.17) is 11.1 Å². The Balaban J connectivity index is 2.39. The topological polar surface area (TPSA) is 53.1 Å². The van der Waals surface area contributed by atoms with Crippen molar-refractivity contribution in [2.24, 2.45) is 5.73 Å². The van der Waals surface area contributed by atoms with Crippen molar-refractivity contribution in [1.29, 1.82) is 5.41 Å². The molecule has 20 heavy (non-hydrogen) atoms. The van der Waals surface area contributed by atoms with Crippen LogP contribution in [0.3, 0.4) is 0 Å². The number of hydrogen-bond donors (Lipinski definition) is 2. The zero-order valence-electron chi connectivity index (χ0n) is 11.0. The molecule has 0 amide bonds. The molecule has 3 N–H and O–H groups in total. The van der Waals surface area contributed by atoms with Gasteiger partial charge in [-0.1, -0.05) is 6.92 Å². The molecule has 1 heterocycles. The van der Waals surface area contributed by atoms with Crippen molar-refractivity contribution in [3.05, 3.63) is 29.3 Å². The van der Waals surface area contributed by atoms with E-state index in [9.17, 15) is 13.2 Å². The number of nitrogen functional groups attached to an aromatic ring is 1. The van der Waals surface area contributed by atoms with Gasteiger partial charge in [0.15, 0.2) is 0 Å². The minimum Gasteiger partial charge on any atom is -0.384 e. The van der Waals surface area contributed by atoms with Crippen LogP contribution in [0.5, 0.6) is 0 Å². The molecule has 0 saturated carbocycles. The number of thioether (sulfide) groups is 1. The van der Waals surface area contributed by atoms with Crippen LogP contribution in [0, 0.1) is 5.41 Å². The van der Waals surface area contributed by atoms with Crippen LogP contribution in [0.1, 0.15) is 18.1 Å². The number of rotatable bonds is 2. The van der Waals surface area contributed by atoms with Gasteiger partial charge in [0.25, 0.3) is 0 Å². The lowest BCUT2D eigenvalue weighted by Gasteiger charge is -2.33. The third-order valence-corrected chi connectivity index (χ3v) is 4.34. The predicted molar refractivity (Wildman–Crippen MR) is 76.6 cm³/mol. The van der Waals surface area contributed by atoms with Gasteiger partial charge in [0, 0.05) is 35.3 Å². The first kappa shape index (κ1) is 15.0. The molecule has 7 heteroatoms. The fraction of sp³-hybridized carbons (Fsp3) is 0.462. The maximum atomic E-state index is 13.1. The van der Waals surface area contributed by atoms with Crippen molar-refractivity contribution in [3.63, 3.8) is 0 Å². The first-order valence-corrected chi connectivity index (χ1v) is 7.26. The fourth-order valence-electron chi connectivity index (χ4n) is 2.25. The highest BCUT2D eigenvalue weighted by molar-refractivity contribution is 8.00. The Bertz CT molecular complexity index is 516. The number of nitrogens with one attached hydrogen (secondary N) is 1. The van der Waals surface area contributed by atoms with E-state index in [-0.39, 0.29) is 5.56 Å². The lowest BCUT2D eigenvalue weighted by Crippen LogP contribution is -2.36. The molecule has 0 aliphatic carbocycles. The minimum absolute atomic E-state index is 0.263. The van der Waals surface area contributed by atoms with Gasteiger partial charge < -0.3 is 10.6 Å². The molecule has 0 radical (unpaired) electrons. The van der Waals surface area contributed by atoms with Crippen molar-refractivity contribution in [2.45, 2.75) is 18.3 Å². The average Bonchev–Trinajstić information content (AvgIpc) is 2.37. The maximum Gasteiger partial charge on any atom is 0.417 e. The van der Waals surface area contributed by atoms with Gasteiger partial charge in [-0.3, -0.25) is 5.41 Å². The number of nitrogens with zero attached hydrogens (tertiary/aromatic N) is 1. The van der Waals surface area contributed by atoms with Gasteiger partial charge in [-0.25, -0.2) is 0 Å². The van der Waals surface area contributed by atoms with E-state index in [1.807, 2.05) is 16.7 Å². The number of hydrogen-bond acceptors (Lipinski definition) is 3. The Morgan fingerprint density at radius 3 is 2.70 bits per heavy atom. The third-order valence-electron chi connectivity index (χ3n) is 3.20. The standard InChI is InChI=1S/C13H16F3N3S/c1-8-7-19(4-5-20-8)9-2-3-10(12(17)18)11(6-9)13(14,15)16/h2-3,6,8H,4-5,7H2,1H3,(H3,17,18). The molecule has 0 spiro atoms. The van der Waals surface area contributed by atoms with Crippen molar-refractivity contribution >= 4 is 23.3 Å². The molecule has 0 bridgehead atoms. The summed E-state index contributed by atoms with van der Waals surface area (Å²) in [6.07, 6.45) is -4.51. The van der Waals surface area contributed by atoms with E-state index in [1.165, 1.54) is 6.07 Å². The highest BCUT2D eigenvalue weighted by Gasteiger charge is 2.35. The third kappa shape index (κ3) is 3.20. The normalized spacial score (nSPS) is 20.0. The van der Waals surface area contributed by atoms with Gasteiger partial charge >= 0.3 is 6.18 Å². The molecule has 0 aromatic heterocycles. The first-order chi connectivity index (χ1) is 9.29. The molecule has 1 aliphatic rings. The Morgan fingerprint density at radius 2 is 2.15 bits per heavy atom. The van der Waals surface area contributed by atoms with Crippen LogP contribution in [-0.2, 0) is 6.18 Å². The lowest BCUT2D eigenvalue weighted by atomic mass is 10.0. The molecule has 1 aliphatic heterocycles. The second-order valence-electron chi connectivity index (χ2n) is 4.77. The molecule has 2 rings (SSSR count). The summed E-state index contributed by atoms with van der Waals surface area (Å²) in [6, 6.07) is 3.99. The van der Waals surface area contributed by atoms with Crippen molar-refractivity contribution in [3.8, 4) is 0 Å².